The Kier molecular flexibility index (Phi) is 9.09. The second-order valence-electron chi connectivity index (χ2n) is 10.2. The van der Waals surface area contributed by atoms with E-state index < -0.39 is 23.4 Å². The fraction of sp³-hybridized carbons (Fsp3) is 0.423. The molecule has 2 amide bonds. The van der Waals surface area contributed by atoms with Gasteiger partial charge in [0, 0.05) is 25.0 Å². The van der Waals surface area contributed by atoms with Gasteiger partial charge in [0.1, 0.15) is 11.2 Å². The van der Waals surface area contributed by atoms with Gasteiger partial charge in [0.2, 0.25) is 0 Å². The van der Waals surface area contributed by atoms with Gasteiger partial charge in [0.25, 0.3) is 0 Å². The lowest BCUT2D eigenvalue weighted by molar-refractivity contribution is -0.000220. The average Bonchev–Trinajstić information content (AvgIpc) is 2.69. The molecular formula is C26H36N4O4S. The standard InChI is InChI=1S/C26H36N4O4S/c1-25(2,3)33-23(31)30(24(32)34-26(4,5)6)17-19-15-20(28-22(27)35)13-14-21(19)29(7)16-18-11-9-8-10-12-18/h8-15H,16-17H2,1-7H3,(H3,27,28,35). The minimum absolute atomic E-state index is 0.0782. The third-order valence-corrected chi connectivity index (χ3v) is 4.68. The molecule has 3 N–H and O–H groups in total. The first-order chi connectivity index (χ1) is 16.1. The maximum absolute atomic E-state index is 13.1. The maximum Gasteiger partial charge on any atom is 0.420 e. The zero-order valence-electron chi connectivity index (χ0n) is 21.5. The van der Waals surface area contributed by atoms with E-state index in [2.05, 4.69) is 5.32 Å². The molecule has 9 heteroatoms. The Morgan fingerprint density at radius 1 is 0.914 bits per heavy atom. The van der Waals surface area contributed by atoms with Crippen LogP contribution in [0.15, 0.2) is 48.5 Å². The fourth-order valence-electron chi connectivity index (χ4n) is 3.26. The van der Waals surface area contributed by atoms with Crippen LogP contribution in [0, 0.1) is 0 Å². The largest absolute Gasteiger partial charge is 0.443 e. The van der Waals surface area contributed by atoms with Gasteiger partial charge < -0.3 is 25.4 Å². The Morgan fingerprint density at radius 3 is 1.94 bits per heavy atom. The zero-order valence-corrected chi connectivity index (χ0v) is 22.4. The Balaban J connectivity index is 2.48. The monoisotopic (exact) mass is 500 g/mol. The summed E-state index contributed by atoms with van der Waals surface area (Å²) in [5, 5.41) is 3.02. The fourth-order valence-corrected chi connectivity index (χ4v) is 3.37. The highest BCUT2D eigenvalue weighted by molar-refractivity contribution is 7.80. The van der Waals surface area contributed by atoms with Gasteiger partial charge in [-0.1, -0.05) is 30.3 Å². The Morgan fingerprint density at radius 2 is 1.46 bits per heavy atom. The second kappa shape index (κ2) is 11.4. The molecule has 0 aliphatic carbocycles. The Hall–Kier alpha value is -3.33. The maximum atomic E-state index is 13.1. The highest BCUT2D eigenvalue weighted by Crippen LogP contribution is 2.28. The van der Waals surface area contributed by atoms with Gasteiger partial charge in [-0.3, -0.25) is 0 Å². The summed E-state index contributed by atoms with van der Waals surface area (Å²) in [6.45, 7) is 11.0. The number of rotatable bonds is 6. The lowest BCUT2D eigenvalue weighted by Crippen LogP contribution is -2.43. The molecule has 0 radical (unpaired) electrons. The molecule has 0 atom stereocenters. The van der Waals surface area contributed by atoms with Crippen LogP contribution in [0.25, 0.3) is 0 Å². The summed E-state index contributed by atoms with van der Waals surface area (Å²) in [4.78, 5) is 29.1. The summed E-state index contributed by atoms with van der Waals surface area (Å²) in [5.74, 6) is 0. The van der Waals surface area contributed by atoms with Crippen LogP contribution in [-0.4, -0.2) is 40.4 Å². The quantitative estimate of drug-likeness (QED) is 0.491. The van der Waals surface area contributed by atoms with E-state index in [1.165, 1.54) is 0 Å². The van der Waals surface area contributed by atoms with Crippen LogP contribution in [0.4, 0.5) is 21.0 Å². The van der Waals surface area contributed by atoms with Gasteiger partial charge in [-0.15, -0.1) is 0 Å². The van der Waals surface area contributed by atoms with Crippen LogP contribution in [-0.2, 0) is 22.6 Å². The molecule has 35 heavy (non-hydrogen) atoms. The third-order valence-electron chi connectivity index (χ3n) is 4.58. The van der Waals surface area contributed by atoms with E-state index in [9.17, 15) is 9.59 Å². The smallest absolute Gasteiger partial charge is 0.420 e. The first-order valence-electron chi connectivity index (χ1n) is 11.3. The van der Waals surface area contributed by atoms with Crippen molar-refractivity contribution in [2.24, 2.45) is 5.73 Å². The summed E-state index contributed by atoms with van der Waals surface area (Å²) in [5.41, 5.74) is 7.33. The normalized spacial score (nSPS) is 11.4. The Bertz CT molecular complexity index is 1020. The molecule has 190 valence electrons. The van der Waals surface area contributed by atoms with Crippen LogP contribution in [0.1, 0.15) is 52.7 Å². The molecule has 0 saturated heterocycles. The van der Waals surface area contributed by atoms with Crippen molar-refractivity contribution < 1.29 is 19.1 Å². The number of amides is 2. The van der Waals surface area contributed by atoms with E-state index in [1.54, 1.807) is 47.6 Å². The number of nitrogens with two attached hydrogens (primary N) is 1. The Labute approximate surface area is 213 Å². The van der Waals surface area contributed by atoms with Gasteiger partial charge in [0.15, 0.2) is 5.11 Å². The van der Waals surface area contributed by atoms with Crippen molar-refractivity contribution in [1.82, 2.24) is 4.90 Å². The number of nitrogens with one attached hydrogen (secondary N) is 1. The molecule has 2 aromatic carbocycles. The number of ether oxygens (including phenoxy) is 2. The van der Waals surface area contributed by atoms with E-state index in [1.807, 2.05) is 54.4 Å². The number of hydrogen-bond donors (Lipinski definition) is 2. The minimum Gasteiger partial charge on any atom is -0.443 e. The zero-order chi connectivity index (χ0) is 26.4. The molecule has 0 heterocycles. The third kappa shape index (κ3) is 9.44. The van der Waals surface area contributed by atoms with Crippen molar-refractivity contribution in [3.8, 4) is 0 Å². The predicted octanol–water partition coefficient (Wildman–Crippen LogP) is 5.65. The van der Waals surface area contributed by atoms with Crippen molar-refractivity contribution in [1.29, 1.82) is 0 Å². The molecule has 0 fully saturated rings. The van der Waals surface area contributed by atoms with Crippen LogP contribution in [0.5, 0.6) is 0 Å². The summed E-state index contributed by atoms with van der Waals surface area (Å²) in [6, 6.07) is 15.5. The molecule has 8 nitrogen and oxygen atoms in total. The molecule has 0 unspecified atom stereocenters. The number of hydrogen-bond acceptors (Lipinski definition) is 6. The molecular weight excluding hydrogens is 464 g/mol. The summed E-state index contributed by atoms with van der Waals surface area (Å²) in [6.07, 6.45) is -1.59. The SMILES string of the molecule is CN(Cc1ccccc1)c1ccc(NC(N)=S)cc1CN(C(=O)OC(C)(C)C)C(=O)OC(C)(C)C. The minimum atomic E-state index is -0.795. The molecule has 0 spiro atoms. The number of carbonyl (C=O) groups is 2. The molecule has 0 aromatic heterocycles. The first kappa shape index (κ1) is 27.9. The van der Waals surface area contributed by atoms with E-state index in [-0.39, 0.29) is 11.7 Å². The van der Waals surface area contributed by atoms with E-state index in [0.717, 1.165) is 16.2 Å². The van der Waals surface area contributed by atoms with Gasteiger partial charge in [-0.05, 0) is 83.1 Å². The van der Waals surface area contributed by atoms with Gasteiger partial charge >= 0.3 is 12.2 Å². The van der Waals surface area contributed by atoms with Crippen LogP contribution >= 0.6 is 12.2 Å². The first-order valence-corrected chi connectivity index (χ1v) is 11.7. The predicted molar refractivity (Wildman–Crippen MR) is 143 cm³/mol. The highest BCUT2D eigenvalue weighted by Gasteiger charge is 2.32. The van der Waals surface area contributed by atoms with E-state index in [4.69, 9.17) is 27.4 Å². The molecule has 0 bridgehead atoms. The lowest BCUT2D eigenvalue weighted by atomic mass is 10.1. The summed E-state index contributed by atoms with van der Waals surface area (Å²) < 4.78 is 11.0. The van der Waals surface area contributed by atoms with Gasteiger partial charge in [-0.25, -0.2) is 14.5 Å². The number of carbonyl (C=O) groups excluding carboxylic acids is 2. The summed E-state index contributed by atoms with van der Waals surface area (Å²) >= 11 is 4.98. The summed E-state index contributed by atoms with van der Waals surface area (Å²) in [7, 11) is 1.94. The number of imide groups is 1. The van der Waals surface area contributed by atoms with Crippen LogP contribution in [0.3, 0.4) is 0 Å². The number of nitrogens with zero attached hydrogens (tertiary/aromatic N) is 2. The second-order valence-corrected chi connectivity index (χ2v) is 10.7. The van der Waals surface area contributed by atoms with Gasteiger partial charge in [0.05, 0.1) is 6.54 Å². The molecule has 0 saturated carbocycles. The average molecular weight is 501 g/mol. The van der Waals surface area contributed by atoms with Crippen LogP contribution in [0.2, 0.25) is 0 Å². The highest BCUT2D eigenvalue weighted by atomic mass is 32.1. The molecule has 0 aliphatic rings. The van der Waals surface area contributed by atoms with Gasteiger partial charge in [-0.2, -0.15) is 0 Å². The van der Waals surface area contributed by atoms with E-state index in [0.29, 0.717) is 17.8 Å². The topological polar surface area (TPSA) is 97.1 Å². The number of thiocarbonyl (C=S) groups is 1. The van der Waals surface area contributed by atoms with Crippen LogP contribution < -0.4 is 16.0 Å². The van der Waals surface area contributed by atoms with Crippen molar-refractivity contribution in [2.45, 2.75) is 65.8 Å². The lowest BCUT2D eigenvalue weighted by Gasteiger charge is -2.30. The molecule has 0 aliphatic heterocycles. The van der Waals surface area contributed by atoms with Crippen molar-refractivity contribution in [2.75, 3.05) is 17.3 Å². The molecule has 2 aromatic rings. The van der Waals surface area contributed by atoms with Crippen molar-refractivity contribution in [3.63, 3.8) is 0 Å². The van der Waals surface area contributed by atoms with Crippen molar-refractivity contribution in [3.05, 3.63) is 59.7 Å². The van der Waals surface area contributed by atoms with Crippen molar-refractivity contribution >= 4 is 40.9 Å². The number of benzene rings is 2. The molecule has 2 rings (SSSR count). The number of anilines is 2. The van der Waals surface area contributed by atoms with E-state index >= 15 is 0 Å².